The topological polar surface area (TPSA) is 24.1 Å². The minimum absolute atomic E-state index is 0.676. The van der Waals surface area contributed by atoms with E-state index in [1.54, 1.807) is 0 Å². The van der Waals surface area contributed by atoms with Crippen molar-refractivity contribution in [1.82, 2.24) is 0 Å². The quantitative estimate of drug-likeness (QED) is 0.639. The van der Waals surface area contributed by atoms with Crippen LogP contribution in [0.1, 0.15) is 89.9 Å². The average Bonchev–Trinajstić information content (AvgIpc) is 2.54. The Morgan fingerprint density at radius 3 is 1.08 bits per heavy atom. The van der Waals surface area contributed by atoms with Gasteiger partial charge in [-0.1, -0.05) is 64.2 Å². The number of rotatable bonds is 4. The third kappa shape index (κ3) is 6.03. The van der Waals surface area contributed by atoms with Gasteiger partial charge in [-0.25, -0.2) is 0 Å². The number of hydrogen-bond acceptors (Lipinski definition) is 2. The zero-order valence-electron chi connectivity index (χ0n) is 15.4. The molecule has 1 aromatic carbocycles. The van der Waals surface area contributed by atoms with Crippen LogP contribution in [-0.4, -0.2) is 12.1 Å². The molecule has 2 saturated carbocycles. The smallest absolute Gasteiger partial charge is 0.0343 e. The van der Waals surface area contributed by atoms with E-state index in [2.05, 4.69) is 34.9 Å². The Labute approximate surface area is 148 Å². The highest BCUT2D eigenvalue weighted by molar-refractivity contribution is 5.54. The Hall–Kier alpha value is -1.18. The Balaban J connectivity index is 1.48. The molecular formula is C22H36N2. The lowest BCUT2D eigenvalue weighted by Crippen LogP contribution is -2.21. The summed E-state index contributed by atoms with van der Waals surface area (Å²) in [5.74, 6) is 0. The van der Waals surface area contributed by atoms with Crippen molar-refractivity contribution in [2.24, 2.45) is 0 Å². The van der Waals surface area contributed by atoms with Gasteiger partial charge in [0, 0.05) is 23.5 Å². The maximum Gasteiger partial charge on any atom is 0.0343 e. The average molecular weight is 329 g/mol. The van der Waals surface area contributed by atoms with Crippen LogP contribution in [0.3, 0.4) is 0 Å². The first-order valence-electron chi connectivity index (χ1n) is 10.5. The molecule has 0 heterocycles. The minimum Gasteiger partial charge on any atom is -0.382 e. The molecule has 2 aliphatic rings. The normalized spacial score (nSPS) is 22.0. The van der Waals surface area contributed by atoms with E-state index in [0.29, 0.717) is 12.1 Å². The van der Waals surface area contributed by atoms with E-state index < -0.39 is 0 Å². The lowest BCUT2D eigenvalue weighted by atomic mass is 9.96. The van der Waals surface area contributed by atoms with Crippen LogP contribution in [0.15, 0.2) is 24.3 Å². The molecule has 0 bridgehead atoms. The third-order valence-corrected chi connectivity index (χ3v) is 5.84. The van der Waals surface area contributed by atoms with Crippen LogP contribution in [0, 0.1) is 0 Å². The summed E-state index contributed by atoms with van der Waals surface area (Å²) in [7, 11) is 0. The molecule has 0 aliphatic heterocycles. The predicted molar refractivity (Wildman–Crippen MR) is 106 cm³/mol. The van der Waals surface area contributed by atoms with Crippen molar-refractivity contribution < 1.29 is 0 Å². The molecule has 2 aliphatic carbocycles. The van der Waals surface area contributed by atoms with Crippen molar-refractivity contribution in [3.63, 3.8) is 0 Å². The van der Waals surface area contributed by atoms with E-state index in [0.717, 1.165) is 0 Å². The maximum absolute atomic E-state index is 3.77. The zero-order chi connectivity index (χ0) is 16.5. The molecule has 2 N–H and O–H groups in total. The second-order valence-corrected chi connectivity index (χ2v) is 7.95. The molecule has 2 fully saturated rings. The number of benzene rings is 1. The fourth-order valence-corrected chi connectivity index (χ4v) is 4.34. The minimum atomic E-state index is 0.676. The monoisotopic (exact) mass is 328 g/mol. The van der Waals surface area contributed by atoms with Gasteiger partial charge in [0.1, 0.15) is 0 Å². The lowest BCUT2D eigenvalue weighted by Gasteiger charge is -2.24. The fourth-order valence-electron chi connectivity index (χ4n) is 4.34. The summed E-state index contributed by atoms with van der Waals surface area (Å²) in [6.45, 7) is 0. The number of nitrogens with one attached hydrogen (secondary N) is 2. The summed E-state index contributed by atoms with van der Waals surface area (Å²) in [5.41, 5.74) is 2.59. The summed E-state index contributed by atoms with van der Waals surface area (Å²) < 4.78 is 0. The molecular weight excluding hydrogens is 292 g/mol. The van der Waals surface area contributed by atoms with Gasteiger partial charge >= 0.3 is 0 Å². The van der Waals surface area contributed by atoms with E-state index in [1.807, 2.05) is 0 Å². The number of anilines is 2. The predicted octanol–water partition coefficient (Wildman–Crippen LogP) is 6.74. The first-order valence-corrected chi connectivity index (χ1v) is 10.5. The Morgan fingerprint density at radius 1 is 0.458 bits per heavy atom. The second kappa shape index (κ2) is 9.96. The molecule has 1 aromatic rings. The fraction of sp³-hybridized carbons (Fsp3) is 0.727. The summed E-state index contributed by atoms with van der Waals surface area (Å²) >= 11 is 0. The molecule has 0 amide bonds. The molecule has 24 heavy (non-hydrogen) atoms. The van der Waals surface area contributed by atoms with Gasteiger partial charge in [0.2, 0.25) is 0 Å². The Morgan fingerprint density at radius 2 is 0.750 bits per heavy atom. The van der Waals surface area contributed by atoms with Crippen molar-refractivity contribution in [2.75, 3.05) is 10.6 Å². The molecule has 2 nitrogen and oxygen atoms in total. The van der Waals surface area contributed by atoms with Gasteiger partial charge in [-0.15, -0.1) is 0 Å². The maximum atomic E-state index is 3.77. The van der Waals surface area contributed by atoms with Gasteiger partial charge in [0.05, 0.1) is 0 Å². The van der Waals surface area contributed by atoms with Gasteiger partial charge in [-0.3, -0.25) is 0 Å². The molecule has 0 aromatic heterocycles. The van der Waals surface area contributed by atoms with Gasteiger partial charge in [0.25, 0.3) is 0 Å². The highest BCUT2D eigenvalue weighted by Gasteiger charge is 2.12. The zero-order valence-corrected chi connectivity index (χ0v) is 15.4. The van der Waals surface area contributed by atoms with Crippen LogP contribution in [0.25, 0.3) is 0 Å². The van der Waals surface area contributed by atoms with Crippen molar-refractivity contribution in [2.45, 2.75) is 102 Å². The molecule has 0 radical (unpaired) electrons. The highest BCUT2D eigenvalue weighted by Crippen LogP contribution is 2.24. The second-order valence-electron chi connectivity index (χ2n) is 7.95. The Kier molecular flexibility index (Phi) is 7.32. The standard InChI is InChI=1S/C22H36N2/c1-3-7-11-19(12-8-4-1)23-21-15-17-22(18-16-21)24-20-13-9-5-2-6-10-14-20/h15-20,23-24H,1-14H2. The summed E-state index contributed by atoms with van der Waals surface area (Å²) in [6, 6.07) is 10.4. The molecule has 2 heteroatoms. The van der Waals surface area contributed by atoms with Crippen LogP contribution >= 0.6 is 0 Å². The van der Waals surface area contributed by atoms with Crippen LogP contribution in [-0.2, 0) is 0 Å². The van der Waals surface area contributed by atoms with Crippen LogP contribution < -0.4 is 10.6 Å². The largest absolute Gasteiger partial charge is 0.382 e. The lowest BCUT2D eigenvalue weighted by molar-refractivity contribution is 0.471. The van der Waals surface area contributed by atoms with Crippen LogP contribution in [0.4, 0.5) is 11.4 Å². The summed E-state index contributed by atoms with van der Waals surface area (Å²) in [5, 5.41) is 7.54. The summed E-state index contributed by atoms with van der Waals surface area (Å²) in [6.07, 6.45) is 19.4. The third-order valence-electron chi connectivity index (χ3n) is 5.84. The van der Waals surface area contributed by atoms with E-state index in [-0.39, 0.29) is 0 Å². The van der Waals surface area contributed by atoms with Crippen molar-refractivity contribution in [3.8, 4) is 0 Å². The Bertz CT molecular complexity index is 395. The molecule has 3 rings (SSSR count). The number of hydrogen-bond donors (Lipinski definition) is 2. The van der Waals surface area contributed by atoms with Crippen molar-refractivity contribution in [1.29, 1.82) is 0 Å². The van der Waals surface area contributed by atoms with Crippen molar-refractivity contribution >= 4 is 11.4 Å². The van der Waals surface area contributed by atoms with E-state index >= 15 is 0 Å². The van der Waals surface area contributed by atoms with Crippen LogP contribution in [0.2, 0.25) is 0 Å². The van der Waals surface area contributed by atoms with E-state index in [9.17, 15) is 0 Å². The first-order chi connectivity index (χ1) is 11.9. The van der Waals surface area contributed by atoms with Gasteiger partial charge in [0.15, 0.2) is 0 Å². The van der Waals surface area contributed by atoms with Gasteiger partial charge in [-0.05, 0) is 49.9 Å². The van der Waals surface area contributed by atoms with Crippen LogP contribution in [0.5, 0.6) is 0 Å². The van der Waals surface area contributed by atoms with E-state index in [1.165, 1.54) is 101 Å². The van der Waals surface area contributed by atoms with Crippen molar-refractivity contribution in [3.05, 3.63) is 24.3 Å². The van der Waals surface area contributed by atoms with Gasteiger partial charge < -0.3 is 10.6 Å². The molecule has 134 valence electrons. The van der Waals surface area contributed by atoms with Gasteiger partial charge in [-0.2, -0.15) is 0 Å². The SMILES string of the molecule is c1cc(NC2CCCCCCC2)ccc1NC1CCCCCCC1. The molecule has 0 spiro atoms. The highest BCUT2D eigenvalue weighted by atomic mass is 14.9. The first kappa shape index (κ1) is 17.6. The summed E-state index contributed by atoms with van der Waals surface area (Å²) in [4.78, 5) is 0. The van der Waals surface area contributed by atoms with E-state index in [4.69, 9.17) is 0 Å². The molecule has 0 saturated heterocycles. The molecule has 0 atom stereocenters. The molecule has 0 unspecified atom stereocenters.